The Balaban J connectivity index is 2.51. The van der Waals surface area contributed by atoms with Crippen LogP contribution in [0.1, 0.15) is 27.0 Å². The molecular weight excluding hydrogens is 312 g/mol. The molecule has 0 saturated heterocycles. The number of rotatable bonds is 4. The summed E-state index contributed by atoms with van der Waals surface area (Å²) in [6.07, 6.45) is 0. The summed E-state index contributed by atoms with van der Waals surface area (Å²) >= 11 is 0. The van der Waals surface area contributed by atoms with E-state index < -0.39 is 10.0 Å². The summed E-state index contributed by atoms with van der Waals surface area (Å²) in [6.45, 7) is 5.45. The van der Waals surface area contributed by atoms with Crippen molar-refractivity contribution in [2.45, 2.75) is 25.7 Å². The number of carbonyl (C=O) groups excluding carboxylic acids is 1. The van der Waals surface area contributed by atoms with Gasteiger partial charge in [-0.15, -0.1) is 0 Å². The molecule has 0 atom stereocenters. The van der Waals surface area contributed by atoms with E-state index in [0.717, 1.165) is 5.56 Å². The molecule has 0 aliphatic rings. The summed E-state index contributed by atoms with van der Waals surface area (Å²) < 4.78 is 28.1. The predicted octanol–water partition coefficient (Wildman–Crippen LogP) is 2.77. The molecule has 1 amide bonds. The van der Waals surface area contributed by atoms with Crippen molar-refractivity contribution < 1.29 is 13.2 Å². The molecule has 0 bridgehead atoms. The molecule has 0 aliphatic carbocycles. The third-order valence-electron chi connectivity index (χ3n) is 3.52. The molecule has 0 unspecified atom stereocenters. The summed E-state index contributed by atoms with van der Waals surface area (Å²) in [4.78, 5) is 12.1. The molecule has 122 valence electrons. The van der Waals surface area contributed by atoms with Gasteiger partial charge in [-0.2, -0.15) is 0 Å². The fourth-order valence-corrected chi connectivity index (χ4v) is 4.23. The number of sulfonamides is 1. The number of hydrogen-bond acceptors (Lipinski definition) is 3. The van der Waals surface area contributed by atoms with Gasteiger partial charge in [0.2, 0.25) is 0 Å². The van der Waals surface area contributed by atoms with E-state index in [1.807, 2.05) is 19.1 Å². The van der Waals surface area contributed by atoms with Crippen molar-refractivity contribution in [1.29, 1.82) is 0 Å². The van der Waals surface area contributed by atoms with Crippen LogP contribution >= 0.6 is 0 Å². The number of anilines is 1. The molecule has 0 aliphatic heterocycles. The topological polar surface area (TPSA) is 75.3 Å². The molecule has 2 N–H and O–H groups in total. The lowest BCUT2D eigenvalue weighted by Gasteiger charge is -2.15. The third kappa shape index (κ3) is 3.53. The van der Waals surface area contributed by atoms with Crippen molar-refractivity contribution in [3.05, 3.63) is 58.7 Å². The quantitative estimate of drug-likeness (QED) is 0.904. The van der Waals surface area contributed by atoms with Crippen molar-refractivity contribution in [3.8, 4) is 0 Å². The van der Waals surface area contributed by atoms with Crippen LogP contribution in [0.3, 0.4) is 0 Å². The summed E-state index contributed by atoms with van der Waals surface area (Å²) in [7, 11) is -2.28. The van der Waals surface area contributed by atoms with Gasteiger partial charge < -0.3 is 5.32 Å². The Labute approximate surface area is 136 Å². The second-order valence-corrected chi connectivity index (χ2v) is 7.08. The molecule has 0 fully saturated rings. The molecular formula is C17H20N2O3S. The van der Waals surface area contributed by atoms with E-state index in [9.17, 15) is 13.2 Å². The minimum absolute atomic E-state index is 0.245. The Morgan fingerprint density at radius 2 is 1.57 bits per heavy atom. The first-order valence-corrected chi connectivity index (χ1v) is 8.66. The number of aryl methyl sites for hydroxylation is 3. The van der Waals surface area contributed by atoms with Gasteiger partial charge in [-0.05, 0) is 44.0 Å². The second-order valence-electron chi connectivity index (χ2n) is 5.46. The highest BCUT2D eigenvalue weighted by Gasteiger charge is 2.22. The van der Waals surface area contributed by atoms with E-state index in [2.05, 4.69) is 10.0 Å². The van der Waals surface area contributed by atoms with Crippen molar-refractivity contribution in [3.63, 3.8) is 0 Å². The molecule has 6 heteroatoms. The maximum atomic E-state index is 12.8. The van der Waals surface area contributed by atoms with Crippen LogP contribution in [0.4, 0.5) is 5.69 Å². The lowest BCUT2D eigenvalue weighted by atomic mass is 10.1. The van der Waals surface area contributed by atoms with Crippen LogP contribution in [-0.2, 0) is 10.0 Å². The Morgan fingerprint density at radius 1 is 1.00 bits per heavy atom. The van der Waals surface area contributed by atoms with Crippen molar-refractivity contribution in [2.24, 2.45) is 0 Å². The van der Waals surface area contributed by atoms with Gasteiger partial charge in [-0.1, -0.05) is 29.8 Å². The standard InChI is InChI=1S/C17H20N2O3S/c1-11-9-12(2)16(13(3)10-11)23(21,22)19-15-8-6-5-7-14(15)17(20)18-4/h5-10,19H,1-4H3,(H,18,20). The number of nitrogens with one attached hydrogen (secondary N) is 2. The molecule has 2 rings (SSSR count). The van der Waals surface area contributed by atoms with E-state index in [0.29, 0.717) is 11.1 Å². The second kappa shape index (κ2) is 6.42. The molecule has 0 radical (unpaired) electrons. The average molecular weight is 332 g/mol. The number of hydrogen-bond donors (Lipinski definition) is 2. The monoisotopic (exact) mass is 332 g/mol. The number of carbonyl (C=O) groups is 1. The minimum Gasteiger partial charge on any atom is -0.355 e. The fourth-order valence-electron chi connectivity index (χ4n) is 2.69. The van der Waals surface area contributed by atoms with Crippen LogP contribution in [0.15, 0.2) is 41.3 Å². The summed E-state index contributed by atoms with van der Waals surface area (Å²) in [6, 6.07) is 10.2. The van der Waals surface area contributed by atoms with Gasteiger partial charge in [0.25, 0.3) is 15.9 Å². The molecule has 2 aromatic carbocycles. The molecule has 0 saturated carbocycles. The van der Waals surface area contributed by atoms with Crippen molar-refractivity contribution in [2.75, 3.05) is 11.8 Å². The maximum absolute atomic E-state index is 12.8. The zero-order chi connectivity index (χ0) is 17.2. The summed E-state index contributed by atoms with van der Waals surface area (Å²) in [5.74, 6) is -0.347. The van der Waals surface area contributed by atoms with E-state index in [-0.39, 0.29) is 22.1 Å². The van der Waals surface area contributed by atoms with Gasteiger partial charge >= 0.3 is 0 Å². The maximum Gasteiger partial charge on any atom is 0.262 e. The molecule has 0 spiro atoms. The molecule has 2 aromatic rings. The van der Waals surface area contributed by atoms with Crippen LogP contribution in [0.25, 0.3) is 0 Å². The van der Waals surface area contributed by atoms with Gasteiger partial charge in [-0.25, -0.2) is 8.42 Å². The summed E-state index contributed by atoms with van der Waals surface area (Å²) in [5.41, 5.74) is 2.89. The Morgan fingerprint density at radius 3 is 2.13 bits per heavy atom. The molecule has 23 heavy (non-hydrogen) atoms. The highest BCUT2D eigenvalue weighted by molar-refractivity contribution is 7.92. The average Bonchev–Trinajstić information content (AvgIpc) is 2.45. The van der Waals surface area contributed by atoms with Crippen LogP contribution < -0.4 is 10.0 Å². The van der Waals surface area contributed by atoms with Crippen molar-refractivity contribution >= 4 is 21.6 Å². The Hall–Kier alpha value is -2.34. The first kappa shape index (κ1) is 17.0. The smallest absolute Gasteiger partial charge is 0.262 e. The first-order valence-electron chi connectivity index (χ1n) is 7.18. The van der Waals surface area contributed by atoms with E-state index in [1.165, 1.54) is 7.05 Å². The minimum atomic E-state index is -3.79. The van der Waals surface area contributed by atoms with Crippen LogP contribution in [0.5, 0.6) is 0 Å². The number of benzene rings is 2. The molecule has 0 heterocycles. The lowest BCUT2D eigenvalue weighted by molar-refractivity contribution is 0.0964. The SMILES string of the molecule is CNC(=O)c1ccccc1NS(=O)(=O)c1c(C)cc(C)cc1C. The Kier molecular flexibility index (Phi) is 4.75. The van der Waals surface area contributed by atoms with E-state index >= 15 is 0 Å². The zero-order valence-corrected chi connectivity index (χ0v) is 14.4. The van der Waals surface area contributed by atoms with Crippen molar-refractivity contribution in [1.82, 2.24) is 5.32 Å². The largest absolute Gasteiger partial charge is 0.355 e. The predicted molar refractivity (Wildman–Crippen MR) is 91.3 cm³/mol. The lowest BCUT2D eigenvalue weighted by Crippen LogP contribution is -2.22. The van der Waals surface area contributed by atoms with Gasteiger partial charge in [0, 0.05) is 7.05 Å². The molecule has 0 aromatic heterocycles. The zero-order valence-electron chi connectivity index (χ0n) is 13.6. The van der Waals surface area contributed by atoms with Gasteiger partial charge in [-0.3, -0.25) is 9.52 Å². The highest BCUT2D eigenvalue weighted by Crippen LogP contribution is 2.25. The highest BCUT2D eigenvalue weighted by atomic mass is 32.2. The molecule has 5 nitrogen and oxygen atoms in total. The number of amides is 1. The number of para-hydroxylation sites is 1. The van der Waals surface area contributed by atoms with E-state index in [1.54, 1.807) is 38.1 Å². The Bertz CT molecular complexity index is 835. The van der Waals surface area contributed by atoms with Gasteiger partial charge in [0.1, 0.15) is 0 Å². The summed E-state index contributed by atoms with van der Waals surface area (Å²) in [5, 5.41) is 2.50. The van der Waals surface area contributed by atoms with E-state index in [4.69, 9.17) is 0 Å². The van der Waals surface area contributed by atoms with Crippen LogP contribution in [-0.4, -0.2) is 21.4 Å². The normalized spacial score (nSPS) is 11.1. The van der Waals surface area contributed by atoms with Gasteiger partial charge in [0.05, 0.1) is 16.1 Å². The first-order chi connectivity index (χ1) is 10.8. The van der Waals surface area contributed by atoms with Gasteiger partial charge in [0.15, 0.2) is 0 Å². The fraction of sp³-hybridized carbons (Fsp3) is 0.235. The van der Waals surface area contributed by atoms with Crippen LogP contribution in [0.2, 0.25) is 0 Å². The third-order valence-corrected chi connectivity index (χ3v) is 5.19. The van der Waals surface area contributed by atoms with Crippen LogP contribution in [0, 0.1) is 20.8 Å².